The number of allylic oxidation sites excluding steroid dienone is 1. The van der Waals surface area contributed by atoms with Crippen LogP contribution in [0.1, 0.15) is 45.4 Å². The molecule has 1 amide bonds. The summed E-state index contributed by atoms with van der Waals surface area (Å²) in [6, 6.07) is 5.80. The Hall–Kier alpha value is -2.67. The van der Waals surface area contributed by atoms with Gasteiger partial charge in [0.05, 0.1) is 5.69 Å². The summed E-state index contributed by atoms with van der Waals surface area (Å²) < 4.78 is 11.9. The zero-order valence-electron chi connectivity index (χ0n) is 17.6. The van der Waals surface area contributed by atoms with Gasteiger partial charge in [-0.25, -0.2) is 4.98 Å². The predicted octanol–water partition coefficient (Wildman–Crippen LogP) is 4.92. The third kappa shape index (κ3) is 4.85. The molecule has 0 unspecified atom stereocenters. The molecule has 29 heavy (non-hydrogen) atoms. The molecule has 0 spiro atoms. The average Bonchev–Trinajstić information content (AvgIpc) is 3.24. The normalized spacial score (nSPS) is 15.3. The lowest BCUT2D eigenvalue weighted by Gasteiger charge is -2.22. The largest absolute Gasteiger partial charge is 0.483 e. The molecule has 0 saturated heterocycles. The molecule has 1 aromatic carbocycles. The van der Waals surface area contributed by atoms with E-state index in [1.54, 1.807) is 17.3 Å². The van der Waals surface area contributed by atoms with Crippen LogP contribution in [0.15, 0.2) is 40.5 Å². The Morgan fingerprint density at radius 1 is 1.45 bits per heavy atom. The summed E-state index contributed by atoms with van der Waals surface area (Å²) in [5.74, 6) is 1.11. The Kier molecular flexibility index (Phi) is 6.37. The smallest absolute Gasteiger partial charge is 0.271 e. The number of thiazole rings is 1. The van der Waals surface area contributed by atoms with E-state index >= 15 is 0 Å². The van der Waals surface area contributed by atoms with Crippen LogP contribution in [-0.2, 0) is 11.2 Å². The molecule has 1 aliphatic rings. The van der Waals surface area contributed by atoms with Gasteiger partial charge in [-0.1, -0.05) is 19.1 Å². The van der Waals surface area contributed by atoms with Gasteiger partial charge in [-0.2, -0.15) is 0 Å². The van der Waals surface area contributed by atoms with E-state index in [4.69, 9.17) is 9.47 Å². The number of carbonyl (C=O) groups is 1. The van der Waals surface area contributed by atoms with E-state index in [1.807, 2.05) is 58.2 Å². The van der Waals surface area contributed by atoms with Gasteiger partial charge in [-0.3, -0.25) is 14.7 Å². The Bertz CT molecular complexity index is 947. The summed E-state index contributed by atoms with van der Waals surface area (Å²) in [6.07, 6.45) is 4.84. The molecule has 0 radical (unpaired) electrons. The van der Waals surface area contributed by atoms with Crippen LogP contribution in [0.3, 0.4) is 0 Å². The van der Waals surface area contributed by atoms with Crippen LogP contribution >= 0.6 is 11.3 Å². The average molecular weight is 414 g/mol. The second-order valence-corrected chi connectivity index (χ2v) is 8.29. The Morgan fingerprint density at radius 3 is 2.90 bits per heavy atom. The molecule has 6 nitrogen and oxygen atoms in total. The molecule has 1 aliphatic heterocycles. The molecule has 0 N–H and O–H groups in total. The van der Waals surface area contributed by atoms with Gasteiger partial charge in [-0.05, 0) is 40.2 Å². The van der Waals surface area contributed by atoms with Crippen LogP contribution in [0, 0.1) is 6.92 Å². The van der Waals surface area contributed by atoms with Crippen molar-refractivity contribution in [2.45, 2.75) is 53.1 Å². The lowest BCUT2D eigenvalue weighted by atomic mass is 10.0. The van der Waals surface area contributed by atoms with Crippen molar-refractivity contribution in [2.75, 3.05) is 11.5 Å². The summed E-state index contributed by atoms with van der Waals surface area (Å²) >= 11 is 1.43. The van der Waals surface area contributed by atoms with Crippen molar-refractivity contribution in [3.63, 3.8) is 0 Å². The molecule has 1 aromatic heterocycles. The summed E-state index contributed by atoms with van der Waals surface area (Å²) in [5.41, 5.74) is 2.46. The highest BCUT2D eigenvalue weighted by atomic mass is 32.1. The fraction of sp³-hybridized carbons (Fsp3) is 0.409. The molecule has 3 rings (SSSR count). The van der Waals surface area contributed by atoms with E-state index in [-0.39, 0.29) is 18.1 Å². The van der Waals surface area contributed by atoms with Gasteiger partial charge in [0.2, 0.25) is 0 Å². The first kappa shape index (κ1) is 21.0. The van der Waals surface area contributed by atoms with Crippen LogP contribution in [0.25, 0.3) is 0 Å². The van der Waals surface area contributed by atoms with Crippen molar-refractivity contribution < 1.29 is 14.3 Å². The number of nitrogens with zero attached hydrogens (tertiary/aromatic N) is 3. The first-order valence-electron chi connectivity index (χ1n) is 9.70. The number of rotatable bonds is 7. The van der Waals surface area contributed by atoms with Gasteiger partial charge < -0.3 is 9.47 Å². The number of aliphatic imine (C=N–C) groups is 1. The number of aryl methyl sites for hydroxylation is 1. The minimum absolute atomic E-state index is 0.119. The molecule has 2 aromatic rings. The van der Waals surface area contributed by atoms with E-state index in [9.17, 15) is 4.79 Å². The number of para-hydroxylation sites is 1. The maximum absolute atomic E-state index is 13.2. The van der Waals surface area contributed by atoms with Gasteiger partial charge in [0.1, 0.15) is 5.60 Å². The molecule has 0 fully saturated rings. The summed E-state index contributed by atoms with van der Waals surface area (Å²) in [5, 5.41) is 2.54. The number of benzene rings is 1. The number of aromatic nitrogens is 1. The number of ether oxygens (including phenoxy) is 2. The molecule has 154 valence electrons. The quantitative estimate of drug-likeness (QED) is 0.605. The van der Waals surface area contributed by atoms with Gasteiger partial charge >= 0.3 is 0 Å². The van der Waals surface area contributed by atoms with E-state index < -0.39 is 0 Å². The van der Waals surface area contributed by atoms with Crippen LogP contribution < -0.4 is 14.4 Å². The third-order valence-corrected chi connectivity index (χ3v) is 5.42. The van der Waals surface area contributed by atoms with Crippen molar-refractivity contribution in [3.8, 4) is 11.5 Å². The van der Waals surface area contributed by atoms with Crippen molar-refractivity contribution in [2.24, 2.45) is 4.99 Å². The zero-order chi connectivity index (χ0) is 21.0. The SMILES string of the molecule is CC=N/C=C(\CC)N(C(=O)COc1cccc2c1OC(C)(C)C2)c1nc(C)cs1. The fourth-order valence-corrected chi connectivity index (χ4v) is 4.06. The van der Waals surface area contributed by atoms with E-state index in [0.717, 1.165) is 29.1 Å². The number of anilines is 1. The maximum Gasteiger partial charge on any atom is 0.271 e. The zero-order valence-corrected chi connectivity index (χ0v) is 18.4. The lowest BCUT2D eigenvalue weighted by Crippen LogP contribution is -2.34. The molecule has 7 heteroatoms. The molecule has 0 atom stereocenters. The Balaban J connectivity index is 1.83. The van der Waals surface area contributed by atoms with Gasteiger partial charge in [0.25, 0.3) is 5.91 Å². The highest BCUT2D eigenvalue weighted by molar-refractivity contribution is 7.14. The van der Waals surface area contributed by atoms with Gasteiger partial charge in [-0.15, -0.1) is 11.3 Å². The monoisotopic (exact) mass is 413 g/mol. The van der Waals surface area contributed by atoms with E-state index in [2.05, 4.69) is 9.98 Å². The first-order chi connectivity index (χ1) is 13.8. The number of amides is 1. The molecular formula is C22H27N3O3S. The molecule has 0 aliphatic carbocycles. The number of hydrogen-bond acceptors (Lipinski definition) is 6. The van der Waals surface area contributed by atoms with Crippen LogP contribution in [-0.4, -0.2) is 29.3 Å². The summed E-state index contributed by atoms with van der Waals surface area (Å²) in [6.45, 7) is 9.70. The summed E-state index contributed by atoms with van der Waals surface area (Å²) in [7, 11) is 0. The Morgan fingerprint density at radius 2 is 2.24 bits per heavy atom. The lowest BCUT2D eigenvalue weighted by molar-refractivity contribution is -0.120. The topological polar surface area (TPSA) is 64.0 Å². The highest BCUT2D eigenvalue weighted by Gasteiger charge is 2.32. The second-order valence-electron chi connectivity index (χ2n) is 7.45. The minimum atomic E-state index is -0.271. The predicted molar refractivity (Wildman–Crippen MR) is 117 cm³/mol. The van der Waals surface area contributed by atoms with Crippen LogP contribution in [0.5, 0.6) is 11.5 Å². The van der Waals surface area contributed by atoms with Crippen LogP contribution in [0.2, 0.25) is 0 Å². The summed E-state index contributed by atoms with van der Waals surface area (Å²) in [4.78, 5) is 23.4. The van der Waals surface area contributed by atoms with Crippen LogP contribution in [0.4, 0.5) is 5.13 Å². The number of fused-ring (bicyclic) bond motifs is 1. The molecular weight excluding hydrogens is 386 g/mol. The van der Waals surface area contributed by atoms with Gasteiger partial charge in [0, 0.05) is 35.5 Å². The second kappa shape index (κ2) is 8.78. The number of carbonyl (C=O) groups excluding carboxylic acids is 1. The van der Waals surface area contributed by atoms with Gasteiger partial charge in [0.15, 0.2) is 23.2 Å². The van der Waals surface area contributed by atoms with Crippen molar-refractivity contribution in [1.29, 1.82) is 0 Å². The fourth-order valence-electron chi connectivity index (χ4n) is 3.21. The minimum Gasteiger partial charge on any atom is -0.483 e. The highest BCUT2D eigenvalue weighted by Crippen LogP contribution is 2.41. The molecule has 2 heterocycles. The Labute approximate surface area is 175 Å². The van der Waals surface area contributed by atoms with Crippen molar-refractivity contribution >= 4 is 28.6 Å². The van der Waals surface area contributed by atoms with E-state index in [0.29, 0.717) is 17.3 Å². The molecule has 0 saturated carbocycles. The van der Waals surface area contributed by atoms with Crippen molar-refractivity contribution in [3.05, 3.63) is 46.7 Å². The third-order valence-electron chi connectivity index (χ3n) is 4.48. The standard InChI is InChI=1S/C22H27N3O3S/c1-6-17(12-23-7-2)25(21-24-15(3)14-29-21)19(26)13-27-18-10-8-9-16-11-22(4,5)28-20(16)18/h7-10,12,14H,6,11,13H2,1-5H3/b17-12+,23-7?. The molecule has 0 bridgehead atoms. The van der Waals surface area contributed by atoms with E-state index in [1.165, 1.54) is 11.3 Å². The van der Waals surface area contributed by atoms with Crippen molar-refractivity contribution in [1.82, 2.24) is 4.98 Å². The number of hydrogen-bond donors (Lipinski definition) is 0. The maximum atomic E-state index is 13.2. The first-order valence-corrected chi connectivity index (χ1v) is 10.6.